The van der Waals surface area contributed by atoms with E-state index in [0.29, 0.717) is 0 Å². The second-order valence-corrected chi connectivity index (χ2v) is 7.18. The molecule has 0 radical (unpaired) electrons. The van der Waals surface area contributed by atoms with Crippen LogP contribution in [0.2, 0.25) is 0 Å². The molecule has 3 aromatic rings. The highest BCUT2D eigenvalue weighted by Crippen LogP contribution is 2.32. The normalized spacial score (nSPS) is 11.4. The SMILES string of the molecule is O=S(=O)(O)c1cccc(-c2c(P)cccc2-c2ccccc2)c1. The molecule has 0 amide bonds. The summed E-state index contributed by atoms with van der Waals surface area (Å²) in [5.41, 5.74) is 3.72. The fourth-order valence-corrected chi connectivity index (χ4v) is 3.52. The third-order valence-corrected chi connectivity index (χ3v) is 4.93. The van der Waals surface area contributed by atoms with Crippen LogP contribution in [0.1, 0.15) is 0 Å². The lowest BCUT2D eigenvalue weighted by atomic mass is 9.94. The smallest absolute Gasteiger partial charge is 0.282 e. The van der Waals surface area contributed by atoms with Crippen molar-refractivity contribution < 1.29 is 13.0 Å². The van der Waals surface area contributed by atoms with Crippen molar-refractivity contribution in [3.63, 3.8) is 0 Å². The molecular formula is C18H15O3PS. The number of rotatable bonds is 3. The van der Waals surface area contributed by atoms with Gasteiger partial charge in [0.1, 0.15) is 0 Å². The molecule has 0 aliphatic heterocycles. The highest BCUT2D eigenvalue weighted by atomic mass is 32.2. The molecule has 0 spiro atoms. The Labute approximate surface area is 138 Å². The topological polar surface area (TPSA) is 54.4 Å². The van der Waals surface area contributed by atoms with E-state index < -0.39 is 10.1 Å². The summed E-state index contributed by atoms with van der Waals surface area (Å²) in [6.45, 7) is 0. The van der Waals surface area contributed by atoms with Gasteiger partial charge in [-0.25, -0.2) is 0 Å². The summed E-state index contributed by atoms with van der Waals surface area (Å²) >= 11 is 0. The first-order valence-electron chi connectivity index (χ1n) is 6.98. The quantitative estimate of drug-likeness (QED) is 0.582. The summed E-state index contributed by atoms with van der Waals surface area (Å²) in [5.74, 6) is 0. The third kappa shape index (κ3) is 3.35. The fraction of sp³-hybridized carbons (Fsp3) is 0. The fourth-order valence-electron chi connectivity index (χ4n) is 2.56. The maximum absolute atomic E-state index is 11.4. The molecule has 1 atom stereocenters. The first kappa shape index (κ1) is 15.9. The van der Waals surface area contributed by atoms with Crippen LogP contribution in [0.4, 0.5) is 0 Å². The molecule has 1 N–H and O–H groups in total. The van der Waals surface area contributed by atoms with E-state index in [-0.39, 0.29) is 4.90 Å². The van der Waals surface area contributed by atoms with Crippen LogP contribution in [0.25, 0.3) is 22.3 Å². The summed E-state index contributed by atoms with van der Waals surface area (Å²) in [4.78, 5) is -0.109. The molecule has 1 unspecified atom stereocenters. The van der Waals surface area contributed by atoms with Gasteiger partial charge in [0.2, 0.25) is 0 Å². The van der Waals surface area contributed by atoms with Gasteiger partial charge in [0, 0.05) is 0 Å². The van der Waals surface area contributed by atoms with E-state index in [1.807, 2.05) is 54.6 Å². The first-order valence-corrected chi connectivity index (χ1v) is 9.00. The zero-order valence-corrected chi connectivity index (χ0v) is 14.1. The lowest BCUT2D eigenvalue weighted by Gasteiger charge is -2.14. The minimum Gasteiger partial charge on any atom is -0.282 e. The number of benzene rings is 3. The highest BCUT2D eigenvalue weighted by Gasteiger charge is 2.14. The maximum atomic E-state index is 11.4. The molecule has 3 nitrogen and oxygen atoms in total. The molecule has 0 fully saturated rings. The van der Waals surface area contributed by atoms with Crippen LogP contribution in [-0.4, -0.2) is 13.0 Å². The molecule has 3 aromatic carbocycles. The summed E-state index contributed by atoms with van der Waals surface area (Å²) in [6.07, 6.45) is 0. The molecule has 0 heterocycles. The van der Waals surface area contributed by atoms with Crippen LogP contribution in [0.3, 0.4) is 0 Å². The molecule has 3 rings (SSSR count). The van der Waals surface area contributed by atoms with Gasteiger partial charge in [-0.2, -0.15) is 8.42 Å². The third-order valence-electron chi connectivity index (χ3n) is 3.60. The van der Waals surface area contributed by atoms with Crippen molar-refractivity contribution in [3.05, 3.63) is 72.8 Å². The Hall–Kier alpha value is -2.00. The zero-order chi connectivity index (χ0) is 16.4. The standard InChI is InChI=1S/C18H15O3PS/c19-23(20,21)15-9-4-8-14(12-15)18-16(10-5-11-17(18)22)13-6-2-1-3-7-13/h1-12H,22H2,(H,19,20,21). The van der Waals surface area contributed by atoms with Crippen LogP contribution in [0.5, 0.6) is 0 Å². The summed E-state index contributed by atoms with van der Waals surface area (Å²) in [6, 6.07) is 22.1. The number of hydrogen-bond donors (Lipinski definition) is 1. The van der Waals surface area contributed by atoms with Gasteiger partial charge in [-0.05, 0) is 39.7 Å². The van der Waals surface area contributed by atoms with Crippen molar-refractivity contribution in [2.24, 2.45) is 0 Å². The van der Waals surface area contributed by atoms with Crippen molar-refractivity contribution in [2.45, 2.75) is 4.90 Å². The van der Waals surface area contributed by atoms with Gasteiger partial charge in [-0.3, -0.25) is 4.55 Å². The van der Waals surface area contributed by atoms with E-state index in [1.165, 1.54) is 12.1 Å². The zero-order valence-electron chi connectivity index (χ0n) is 12.2. The van der Waals surface area contributed by atoms with Gasteiger partial charge in [0.25, 0.3) is 10.1 Å². The Kier molecular flexibility index (Phi) is 4.31. The molecule has 5 heteroatoms. The summed E-state index contributed by atoms with van der Waals surface area (Å²) in [7, 11) is -1.55. The van der Waals surface area contributed by atoms with Crippen LogP contribution < -0.4 is 5.30 Å². The Morgan fingerprint density at radius 1 is 0.783 bits per heavy atom. The Bertz CT molecular complexity index is 951. The van der Waals surface area contributed by atoms with Gasteiger partial charge in [-0.1, -0.05) is 60.7 Å². The van der Waals surface area contributed by atoms with E-state index in [4.69, 9.17) is 0 Å². The van der Waals surface area contributed by atoms with Crippen molar-refractivity contribution >= 4 is 24.7 Å². The van der Waals surface area contributed by atoms with Crippen molar-refractivity contribution in [1.29, 1.82) is 0 Å². The van der Waals surface area contributed by atoms with Crippen molar-refractivity contribution in [2.75, 3.05) is 0 Å². The van der Waals surface area contributed by atoms with E-state index in [1.54, 1.807) is 6.07 Å². The summed E-state index contributed by atoms with van der Waals surface area (Å²) < 4.78 is 32.1. The van der Waals surface area contributed by atoms with Crippen LogP contribution >= 0.6 is 9.24 Å². The number of hydrogen-bond acceptors (Lipinski definition) is 2. The second-order valence-electron chi connectivity index (χ2n) is 5.14. The predicted molar refractivity (Wildman–Crippen MR) is 96.5 cm³/mol. The van der Waals surface area contributed by atoms with E-state index in [9.17, 15) is 13.0 Å². The van der Waals surface area contributed by atoms with Crippen molar-refractivity contribution in [1.82, 2.24) is 0 Å². The van der Waals surface area contributed by atoms with Gasteiger partial charge in [0.05, 0.1) is 4.90 Å². The van der Waals surface area contributed by atoms with Gasteiger partial charge >= 0.3 is 0 Å². The average Bonchev–Trinajstić information content (AvgIpc) is 2.55. The molecule has 0 aliphatic carbocycles. The van der Waals surface area contributed by atoms with Crippen molar-refractivity contribution in [3.8, 4) is 22.3 Å². The van der Waals surface area contributed by atoms with Crippen LogP contribution in [-0.2, 0) is 10.1 Å². The largest absolute Gasteiger partial charge is 0.294 e. The van der Waals surface area contributed by atoms with Crippen LogP contribution in [0.15, 0.2) is 77.7 Å². The van der Waals surface area contributed by atoms with E-state index >= 15 is 0 Å². The monoisotopic (exact) mass is 342 g/mol. The minimum atomic E-state index is -4.23. The van der Waals surface area contributed by atoms with E-state index in [2.05, 4.69) is 9.24 Å². The molecule has 116 valence electrons. The molecule has 23 heavy (non-hydrogen) atoms. The molecular weight excluding hydrogens is 327 g/mol. The Morgan fingerprint density at radius 2 is 1.43 bits per heavy atom. The lowest BCUT2D eigenvalue weighted by Crippen LogP contribution is -2.02. The average molecular weight is 342 g/mol. The highest BCUT2D eigenvalue weighted by molar-refractivity contribution is 7.85. The van der Waals surface area contributed by atoms with Gasteiger partial charge in [-0.15, -0.1) is 9.24 Å². The molecule has 0 saturated heterocycles. The van der Waals surface area contributed by atoms with Crippen LogP contribution in [0, 0.1) is 0 Å². The molecule has 0 bridgehead atoms. The predicted octanol–water partition coefficient (Wildman–Crippen LogP) is 3.77. The lowest BCUT2D eigenvalue weighted by molar-refractivity contribution is 0.483. The van der Waals surface area contributed by atoms with E-state index in [0.717, 1.165) is 27.6 Å². The minimum absolute atomic E-state index is 0.109. The molecule has 0 aliphatic rings. The summed E-state index contributed by atoms with van der Waals surface area (Å²) in [5, 5.41) is 0.957. The molecule has 0 aromatic heterocycles. The Balaban J connectivity index is 2.25. The second kappa shape index (κ2) is 6.25. The Morgan fingerprint density at radius 3 is 2.13 bits per heavy atom. The first-order chi connectivity index (χ1) is 11.0. The molecule has 0 saturated carbocycles. The maximum Gasteiger partial charge on any atom is 0.294 e. The van der Waals surface area contributed by atoms with Gasteiger partial charge < -0.3 is 0 Å². The van der Waals surface area contributed by atoms with Gasteiger partial charge in [0.15, 0.2) is 0 Å².